The third kappa shape index (κ3) is 4.95. The quantitative estimate of drug-likeness (QED) is 0.528. The molecule has 0 spiro atoms. The maximum atomic E-state index is 3.73. The van der Waals surface area contributed by atoms with Gasteiger partial charge in [-0.1, -0.05) is 12.5 Å². The van der Waals surface area contributed by atoms with Gasteiger partial charge in [0.1, 0.15) is 0 Å². The number of hydrogen-bond acceptors (Lipinski definition) is 2. The van der Waals surface area contributed by atoms with Gasteiger partial charge < -0.3 is 5.32 Å². The van der Waals surface area contributed by atoms with Crippen LogP contribution in [-0.4, -0.2) is 6.54 Å². The van der Waals surface area contributed by atoms with Crippen molar-refractivity contribution in [3.63, 3.8) is 0 Å². The van der Waals surface area contributed by atoms with Crippen molar-refractivity contribution in [2.75, 3.05) is 6.54 Å². The molecule has 0 radical (unpaired) electrons. The maximum Gasteiger partial charge on any atom is 0.0299 e. The number of nitrogens with one attached hydrogen (secondary N) is 1. The average Bonchev–Trinajstić information content (AvgIpc) is 2.57. The molecule has 0 aliphatic rings. The van der Waals surface area contributed by atoms with E-state index in [1.54, 1.807) is 0 Å². The first-order valence-corrected chi connectivity index (χ1v) is 6.93. The van der Waals surface area contributed by atoms with E-state index in [0.29, 0.717) is 0 Å². The first kappa shape index (κ1) is 13.5. The van der Waals surface area contributed by atoms with Gasteiger partial charge in [-0.2, -0.15) is 0 Å². The molecule has 1 rings (SSSR count). The van der Waals surface area contributed by atoms with Gasteiger partial charge in [0, 0.05) is 16.3 Å². The number of thiophene rings is 1. The highest BCUT2D eigenvalue weighted by atomic mass is 32.1. The molecular weight excluding hydrogens is 214 g/mol. The number of unbranched alkanes of at least 4 members (excludes halogenated alkanes) is 3. The van der Waals surface area contributed by atoms with Gasteiger partial charge in [0.2, 0.25) is 0 Å². The molecule has 1 N–H and O–H groups in total. The molecular formula is C14H23NS. The molecule has 1 aromatic rings. The Labute approximate surface area is 104 Å². The topological polar surface area (TPSA) is 12.0 Å². The van der Waals surface area contributed by atoms with Gasteiger partial charge in [0.25, 0.3) is 0 Å². The van der Waals surface area contributed by atoms with Crippen molar-refractivity contribution in [1.29, 1.82) is 0 Å². The van der Waals surface area contributed by atoms with Gasteiger partial charge in [0.15, 0.2) is 0 Å². The van der Waals surface area contributed by atoms with Crippen LogP contribution in [0.15, 0.2) is 18.7 Å². The van der Waals surface area contributed by atoms with Gasteiger partial charge in [-0.25, -0.2) is 0 Å². The standard InChI is InChI=1S/C14H23NS/c1-4-5-6-7-8-9-15-11-14-10-12(2)13(3)16-14/h4,10,15H,1,5-9,11H2,2-3H3. The van der Waals surface area contributed by atoms with E-state index in [4.69, 9.17) is 0 Å². The van der Waals surface area contributed by atoms with Crippen molar-refractivity contribution in [1.82, 2.24) is 5.32 Å². The summed E-state index contributed by atoms with van der Waals surface area (Å²) in [6.45, 7) is 10.3. The maximum absolute atomic E-state index is 3.73. The highest BCUT2D eigenvalue weighted by molar-refractivity contribution is 7.12. The van der Waals surface area contributed by atoms with Crippen LogP contribution in [0.25, 0.3) is 0 Å². The van der Waals surface area contributed by atoms with Crippen LogP contribution in [0, 0.1) is 13.8 Å². The van der Waals surface area contributed by atoms with E-state index in [2.05, 4.69) is 31.8 Å². The van der Waals surface area contributed by atoms with Crippen LogP contribution in [-0.2, 0) is 6.54 Å². The Morgan fingerprint density at radius 1 is 1.31 bits per heavy atom. The van der Waals surface area contributed by atoms with Gasteiger partial charge in [0.05, 0.1) is 0 Å². The summed E-state index contributed by atoms with van der Waals surface area (Å²) in [6.07, 6.45) is 7.02. The third-order valence-corrected chi connectivity index (χ3v) is 3.93. The van der Waals surface area contributed by atoms with Crippen molar-refractivity contribution in [2.24, 2.45) is 0 Å². The van der Waals surface area contributed by atoms with Crippen LogP contribution in [0.2, 0.25) is 0 Å². The zero-order valence-electron chi connectivity index (χ0n) is 10.5. The van der Waals surface area contributed by atoms with Gasteiger partial charge in [-0.3, -0.25) is 0 Å². The summed E-state index contributed by atoms with van der Waals surface area (Å²) in [5.41, 5.74) is 1.42. The number of aryl methyl sites for hydroxylation is 2. The fourth-order valence-corrected chi connectivity index (χ4v) is 2.69. The predicted molar refractivity (Wildman–Crippen MR) is 74.2 cm³/mol. The molecule has 0 aromatic carbocycles. The van der Waals surface area contributed by atoms with E-state index in [1.165, 1.54) is 34.6 Å². The zero-order valence-corrected chi connectivity index (χ0v) is 11.3. The Bertz CT molecular complexity index is 295. The molecule has 0 atom stereocenters. The molecule has 0 saturated carbocycles. The van der Waals surface area contributed by atoms with Gasteiger partial charge in [-0.15, -0.1) is 17.9 Å². The Morgan fingerprint density at radius 3 is 2.75 bits per heavy atom. The Morgan fingerprint density at radius 2 is 2.12 bits per heavy atom. The second kappa shape index (κ2) is 7.64. The van der Waals surface area contributed by atoms with E-state index in [9.17, 15) is 0 Å². The number of hydrogen-bond donors (Lipinski definition) is 1. The van der Waals surface area contributed by atoms with Crippen LogP contribution in [0.3, 0.4) is 0 Å². The molecule has 16 heavy (non-hydrogen) atoms. The minimum Gasteiger partial charge on any atom is -0.312 e. The van der Waals surface area contributed by atoms with E-state index < -0.39 is 0 Å². The number of rotatable bonds is 8. The van der Waals surface area contributed by atoms with Crippen LogP contribution < -0.4 is 5.32 Å². The van der Waals surface area contributed by atoms with Crippen LogP contribution in [0.1, 0.15) is 41.0 Å². The molecule has 0 aliphatic heterocycles. The molecule has 0 aliphatic carbocycles. The summed E-state index contributed by atoms with van der Waals surface area (Å²) >= 11 is 1.91. The Hall–Kier alpha value is -0.600. The molecule has 1 nitrogen and oxygen atoms in total. The summed E-state index contributed by atoms with van der Waals surface area (Å²) in [5.74, 6) is 0. The monoisotopic (exact) mass is 237 g/mol. The Kier molecular flexibility index (Phi) is 6.43. The van der Waals surface area contributed by atoms with Gasteiger partial charge in [-0.05, 0) is 51.3 Å². The lowest BCUT2D eigenvalue weighted by molar-refractivity contribution is 0.609. The second-order valence-electron chi connectivity index (χ2n) is 4.27. The first-order chi connectivity index (χ1) is 7.74. The third-order valence-electron chi connectivity index (χ3n) is 2.78. The highest BCUT2D eigenvalue weighted by Gasteiger charge is 2.00. The van der Waals surface area contributed by atoms with Crippen LogP contribution in [0.4, 0.5) is 0 Å². The second-order valence-corrected chi connectivity index (χ2v) is 5.61. The smallest absolute Gasteiger partial charge is 0.0299 e. The molecule has 1 heterocycles. The molecule has 90 valence electrons. The van der Waals surface area contributed by atoms with Crippen molar-refractivity contribution < 1.29 is 0 Å². The zero-order chi connectivity index (χ0) is 11.8. The lowest BCUT2D eigenvalue weighted by atomic mass is 10.2. The van der Waals surface area contributed by atoms with Crippen molar-refractivity contribution in [3.05, 3.63) is 34.0 Å². The molecule has 2 heteroatoms. The SMILES string of the molecule is C=CCCCCCNCc1cc(C)c(C)s1. The minimum atomic E-state index is 1.03. The van der Waals surface area contributed by atoms with Crippen molar-refractivity contribution in [3.8, 4) is 0 Å². The summed E-state index contributed by atoms with van der Waals surface area (Å²) in [6, 6.07) is 2.30. The van der Waals surface area contributed by atoms with Crippen LogP contribution in [0.5, 0.6) is 0 Å². The lowest BCUT2D eigenvalue weighted by Crippen LogP contribution is -2.13. The summed E-state index contributed by atoms with van der Waals surface area (Å²) in [7, 11) is 0. The largest absolute Gasteiger partial charge is 0.312 e. The normalized spacial score (nSPS) is 10.6. The summed E-state index contributed by atoms with van der Waals surface area (Å²) in [4.78, 5) is 2.91. The molecule has 0 fully saturated rings. The van der Waals surface area contributed by atoms with E-state index in [-0.39, 0.29) is 0 Å². The Balaban J connectivity index is 2.05. The molecule has 0 saturated heterocycles. The average molecular weight is 237 g/mol. The first-order valence-electron chi connectivity index (χ1n) is 6.11. The molecule has 0 bridgehead atoms. The molecule has 0 amide bonds. The summed E-state index contributed by atoms with van der Waals surface area (Å²) in [5, 5.41) is 3.50. The van der Waals surface area contributed by atoms with Crippen LogP contribution >= 0.6 is 11.3 Å². The summed E-state index contributed by atoms with van der Waals surface area (Å²) < 4.78 is 0. The lowest BCUT2D eigenvalue weighted by Gasteiger charge is -2.02. The van der Waals surface area contributed by atoms with E-state index in [0.717, 1.165) is 19.5 Å². The molecule has 0 unspecified atom stereocenters. The van der Waals surface area contributed by atoms with Crippen molar-refractivity contribution >= 4 is 11.3 Å². The predicted octanol–water partition coefficient (Wildman–Crippen LogP) is 4.20. The fraction of sp³-hybridized carbons (Fsp3) is 0.571. The van der Waals surface area contributed by atoms with Crippen molar-refractivity contribution in [2.45, 2.75) is 46.1 Å². The van der Waals surface area contributed by atoms with Gasteiger partial charge >= 0.3 is 0 Å². The highest BCUT2D eigenvalue weighted by Crippen LogP contribution is 2.20. The minimum absolute atomic E-state index is 1.03. The number of allylic oxidation sites excluding steroid dienone is 1. The molecule has 1 aromatic heterocycles. The van der Waals surface area contributed by atoms with E-state index >= 15 is 0 Å². The van der Waals surface area contributed by atoms with E-state index in [1.807, 2.05) is 17.4 Å². The fourth-order valence-electron chi connectivity index (χ4n) is 1.66.